The summed E-state index contributed by atoms with van der Waals surface area (Å²) in [5.74, 6) is -0.193. The van der Waals surface area contributed by atoms with E-state index in [0.29, 0.717) is 25.3 Å². The Bertz CT molecular complexity index is 1060. The number of hydrazine groups is 1. The van der Waals surface area contributed by atoms with E-state index in [1.807, 2.05) is 37.3 Å². The number of aromatic nitrogens is 1. The zero-order chi connectivity index (χ0) is 26.0. The molecule has 0 spiro atoms. The van der Waals surface area contributed by atoms with Crippen LogP contribution in [0.5, 0.6) is 0 Å². The van der Waals surface area contributed by atoms with Crippen molar-refractivity contribution in [3.05, 3.63) is 47.0 Å². The number of carbonyl (C=O) groups excluding carboxylic acids is 2. The monoisotopic (exact) mass is 525 g/mol. The van der Waals surface area contributed by atoms with Crippen LogP contribution in [0, 0.1) is 5.92 Å². The molecule has 0 saturated heterocycles. The minimum atomic E-state index is -3.50. The predicted octanol–water partition coefficient (Wildman–Crippen LogP) is 2.01. The van der Waals surface area contributed by atoms with Gasteiger partial charge in [-0.25, -0.2) is 18.8 Å². The smallest absolute Gasteiger partial charge is 0.270 e. The van der Waals surface area contributed by atoms with Crippen LogP contribution >= 0.6 is 11.3 Å². The average molecular weight is 526 g/mol. The molecule has 2 rings (SSSR count). The molecule has 10 nitrogen and oxygen atoms in total. The minimum Gasteiger partial charge on any atom is -0.390 e. The Morgan fingerprint density at radius 2 is 1.89 bits per heavy atom. The molecule has 0 saturated carbocycles. The summed E-state index contributed by atoms with van der Waals surface area (Å²) in [6.45, 7) is 6.32. The van der Waals surface area contributed by atoms with Crippen LogP contribution in [0.2, 0.25) is 0 Å². The number of rotatable bonds is 14. The molecule has 0 radical (unpaired) electrons. The van der Waals surface area contributed by atoms with Crippen molar-refractivity contribution < 1.29 is 23.1 Å². The molecule has 2 amide bonds. The maximum absolute atomic E-state index is 12.7. The molecular formula is C23H35N5O5S2. The third-order valence-electron chi connectivity index (χ3n) is 5.12. The summed E-state index contributed by atoms with van der Waals surface area (Å²) in [5.41, 5.74) is 4.17. The lowest BCUT2D eigenvalue weighted by atomic mass is 10.0. The van der Waals surface area contributed by atoms with Crippen LogP contribution in [0.4, 0.5) is 5.13 Å². The Labute approximate surface area is 211 Å². The van der Waals surface area contributed by atoms with E-state index in [1.165, 1.54) is 10.4 Å². The number of aliphatic hydroxyl groups is 1. The van der Waals surface area contributed by atoms with Gasteiger partial charge in [-0.3, -0.25) is 19.3 Å². The van der Waals surface area contributed by atoms with Crippen molar-refractivity contribution in [2.45, 2.75) is 52.2 Å². The van der Waals surface area contributed by atoms with Crippen LogP contribution in [-0.2, 0) is 21.2 Å². The number of thiazole rings is 1. The molecule has 1 aromatic carbocycles. The van der Waals surface area contributed by atoms with Gasteiger partial charge in [0.2, 0.25) is 15.9 Å². The molecule has 0 bridgehead atoms. The molecule has 1 unspecified atom stereocenters. The number of anilines is 1. The normalized spacial score (nSPS) is 13.3. The average Bonchev–Trinajstić information content (AvgIpc) is 3.25. The molecule has 0 aliphatic heterocycles. The summed E-state index contributed by atoms with van der Waals surface area (Å²) in [4.78, 5) is 29.2. The summed E-state index contributed by atoms with van der Waals surface area (Å²) < 4.78 is 24.9. The van der Waals surface area contributed by atoms with Crippen molar-refractivity contribution in [3.63, 3.8) is 0 Å². The van der Waals surface area contributed by atoms with Crippen molar-refractivity contribution in [2.75, 3.05) is 24.1 Å². The summed E-state index contributed by atoms with van der Waals surface area (Å²) in [6.07, 6.45) is 1.58. The fourth-order valence-corrected chi connectivity index (χ4v) is 4.78. The van der Waals surface area contributed by atoms with Crippen LogP contribution in [-0.4, -0.2) is 66.8 Å². The highest BCUT2D eigenvalue weighted by Gasteiger charge is 2.25. The lowest BCUT2D eigenvalue weighted by Crippen LogP contribution is -2.55. The highest BCUT2D eigenvalue weighted by atomic mass is 32.2. The zero-order valence-corrected chi connectivity index (χ0v) is 22.2. The molecule has 0 aliphatic carbocycles. The Balaban J connectivity index is 2.06. The highest BCUT2D eigenvalue weighted by molar-refractivity contribution is 7.92. The Morgan fingerprint density at radius 1 is 1.20 bits per heavy atom. The van der Waals surface area contributed by atoms with Gasteiger partial charge in [-0.15, -0.1) is 11.3 Å². The van der Waals surface area contributed by atoms with Crippen molar-refractivity contribution in [1.82, 2.24) is 20.7 Å². The van der Waals surface area contributed by atoms with Gasteiger partial charge >= 0.3 is 0 Å². The van der Waals surface area contributed by atoms with Crippen molar-refractivity contribution in [1.29, 1.82) is 0 Å². The molecule has 0 fully saturated rings. The number of hydrogen-bond acceptors (Lipinski definition) is 8. The van der Waals surface area contributed by atoms with Gasteiger partial charge in [-0.2, -0.15) is 0 Å². The number of carbonyl (C=O) groups is 2. The Kier molecular flexibility index (Phi) is 11.1. The second-order valence-corrected chi connectivity index (χ2v) is 11.3. The third kappa shape index (κ3) is 10.3. The fourth-order valence-electron chi connectivity index (χ4n) is 3.24. The van der Waals surface area contributed by atoms with Crippen LogP contribution in [0.15, 0.2) is 35.7 Å². The van der Waals surface area contributed by atoms with E-state index in [0.717, 1.165) is 29.6 Å². The number of aliphatic hydroxyl groups excluding tert-OH is 1. The second-order valence-electron chi connectivity index (χ2n) is 8.69. The summed E-state index contributed by atoms with van der Waals surface area (Å²) >= 11 is 0.987. The quantitative estimate of drug-likeness (QED) is 0.277. The fraction of sp³-hybridized carbons (Fsp3) is 0.522. The molecule has 194 valence electrons. The van der Waals surface area contributed by atoms with Gasteiger partial charge < -0.3 is 10.4 Å². The van der Waals surface area contributed by atoms with Crippen LogP contribution in [0.3, 0.4) is 0 Å². The number of sulfonamides is 1. The maximum atomic E-state index is 12.7. The zero-order valence-electron chi connectivity index (χ0n) is 20.5. The van der Waals surface area contributed by atoms with Crippen LogP contribution in [0.1, 0.15) is 49.7 Å². The topological polar surface area (TPSA) is 141 Å². The van der Waals surface area contributed by atoms with Gasteiger partial charge in [-0.1, -0.05) is 44.2 Å². The third-order valence-corrected chi connectivity index (χ3v) is 6.57. The largest absolute Gasteiger partial charge is 0.390 e. The number of nitrogens with one attached hydrogen (secondary N) is 3. The van der Waals surface area contributed by atoms with Crippen molar-refractivity contribution in [3.8, 4) is 0 Å². The first-order valence-electron chi connectivity index (χ1n) is 11.5. The van der Waals surface area contributed by atoms with Crippen LogP contribution in [0.25, 0.3) is 0 Å². The predicted molar refractivity (Wildman–Crippen MR) is 137 cm³/mol. The van der Waals surface area contributed by atoms with Gasteiger partial charge in [0.15, 0.2) is 5.13 Å². The molecule has 35 heavy (non-hydrogen) atoms. The number of amides is 2. The molecule has 1 heterocycles. The van der Waals surface area contributed by atoms with Crippen molar-refractivity contribution in [2.24, 2.45) is 5.92 Å². The Hall–Kier alpha value is -2.54. The van der Waals surface area contributed by atoms with E-state index in [9.17, 15) is 23.1 Å². The number of benzene rings is 1. The molecule has 12 heteroatoms. The molecule has 1 aromatic heterocycles. The molecule has 0 aliphatic rings. The first kappa shape index (κ1) is 28.7. The van der Waals surface area contributed by atoms with Gasteiger partial charge in [-0.05, 0) is 31.2 Å². The number of hydrogen-bond donors (Lipinski definition) is 4. The van der Waals surface area contributed by atoms with E-state index in [2.05, 4.69) is 34.3 Å². The van der Waals surface area contributed by atoms with Gasteiger partial charge in [0.05, 0.1) is 18.4 Å². The van der Waals surface area contributed by atoms with Gasteiger partial charge in [0.25, 0.3) is 5.91 Å². The second kappa shape index (κ2) is 13.5. The van der Waals surface area contributed by atoms with E-state index in [1.54, 1.807) is 0 Å². The lowest BCUT2D eigenvalue weighted by Gasteiger charge is -2.31. The van der Waals surface area contributed by atoms with Crippen LogP contribution < -0.4 is 15.5 Å². The summed E-state index contributed by atoms with van der Waals surface area (Å²) in [6, 6.07) is 9.02. The molecule has 4 N–H and O–H groups in total. The van der Waals surface area contributed by atoms with Gasteiger partial charge in [0.1, 0.15) is 5.69 Å². The van der Waals surface area contributed by atoms with E-state index in [4.69, 9.17) is 0 Å². The first-order chi connectivity index (χ1) is 16.5. The Morgan fingerprint density at radius 3 is 2.49 bits per heavy atom. The van der Waals surface area contributed by atoms with E-state index < -0.39 is 28.1 Å². The summed E-state index contributed by atoms with van der Waals surface area (Å²) in [7, 11) is -3.50. The molecule has 2 atom stereocenters. The first-order valence-corrected chi connectivity index (χ1v) is 14.3. The SMILES string of the molecule is CCN(NC(Cc1ccccc1)[C@H](O)CNC(=O)c1csc(NS(C)(=O)=O)n1)C(=O)CCC(C)C. The van der Waals surface area contributed by atoms with E-state index in [-0.39, 0.29) is 23.3 Å². The van der Waals surface area contributed by atoms with E-state index >= 15 is 0 Å². The summed E-state index contributed by atoms with van der Waals surface area (Å²) in [5, 5.41) is 16.6. The highest BCUT2D eigenvalue weighted by Crippen LogP contribution is 2.16. The van der Waals surface area contributed by atoms with Crippen molar-refractivity contribution >= 4 is 38.3 Å². The minimum absolute atomic E-state index is 0.0416. The number of nitrogens with zero attached hydrogens (tertiary/aromatic N) is 2. The lowest BCUT2D eigenvalue weighted by molar-refractivity contribution is -0.136. The molecule has 2 aromatic rings. The molecular weight excluding hydrogens is 490 g/mol. The standard InChI is InChI=1S/C23H35N5O5S2/c1-5-28(21(30)12-11-16(2)3)26-18(13-17-9-7-6-8-10-17)20(29)14-24-22(31)19-15-34-23(25-19)27-35(4,32)33/h6-10,15-16,18,20,26,29H,5,11-14H2,1-4H3,(H,24,31)(H,25,27)/t18?,20-/m1/s1. The maximum Gasteiger partial charge on any atom is 0.270 e. The van der Waals surface area contributed by atoms with Gasteiger partial charge in [0, 0.05) is 24.9 Å².